The Hall–Kier alpha value is -2.07. The van der Waals surface area contributed by atoms with Gasteiger partial charge in [-0.25, -0.2) is 0 Å². The van der Waals surface area contributed by atoms with Crippen molar-refractivity contribution in [1.82, 2.24) is 4.98 Å². The van der Waals surface area contributed by atoms with Gasteiger partial charge in [-0.3, -0.25) is 9.78 Å². The lowest BCUT2D eigenvalue weighted by atomic mass is 10.1. The van der Waals surface area contributed by atoms with Gasteiger partial charge in [-0.15, -0.1) is 0 Å². The van der Waals surface area contributed by atoms with Gasteiger partial charge in [-0.1, -0.05) is 11.6 Å². The molecule has 2 rings (SSSR count). The van der Waals surface area contributed by atoms with Crippen molar-refractivity contribution in [2.45, 2.75) is 0 Å². The van der Waals surface area contributed by atoms with Crippen LogP contribution in [0.25, 0.3) is 0 Å². The molecule has 1 heterocycles. The summed E-state index contributed by atoms with van der Waals surface area (Å²) in [6.45, 7) is 0. The molecule has 0 unspecified atom stereocenters. The Morgan fingerprint density at radius 3 is 2.42 bits per heavy atom. The van der Waals surface area contributed by atoms with Crippen LogP contribution >= 0.6 is 11.6 Å². The third-order valence-electron chi connectivity index (χ3n) is 2.61. The van der Waals surface area contributed by atoms with Crippen LogP contribution in [-0.2, 0) is 0 Å². The molecule has 0 aliphatic carbocycles. The molecule has 0 amide bonds. The fourth-order valence-corrected chi connectivity index (χ4v) is 1.75. The van der Waals surface area contributed by atoms with Gasteiger partial charge in [0, 0.05) is 11.8 Å². The van der Waals surface area contributed by atoms with E-state index in [0.717, 1.165) is 0 Å². The predicted molar refractivity (Wildman–Crippen MR) is 72.2 cm³/mol. The highest BCUT2D eigenvalue weighted by Gasteiger charge is 2.13. The number of ether oxygens (including phenoxy) is 2. The van der Waals surface area contributed by atoms with Crippen molar-refractivity contribution in [2.24, 2.45) is 0 Å². The number of rotatable bonds is 4. The minimum atomic E-state index is -0.197. The topological polar surface area (TPSA) is 48.4 Å². The largest absolute Gasteiger partial charge is 0.493 e. The molecule has 0 saturated heterocycles. The fourth-order valence-electron chi connectivity index (χ4n) is 1.64. The molecule has 0 aliphatic rings. The molecule has 0 fully saturated rings. The fraction of sp³-hybridized carbons (Fsp3) is 0.143. The van der Waals surface area contributed by atoms with Crippen molar-refractivity contribution in [3.05, 3.63) is 52.8 Å². The van der Waals surface area contributed by atoms with Crippen LogP contribution in [-0.4, -0.2) is 25.0 Å². The van der Waals surface area contributed by atoms with Crippen molar-refractivity contribution in [2.75, 3.05) is 14.2 Å². The van der Waals surface area contributed by atoms with Crippen LogP contribution in [0.15, 0.2) is 36.5 Å². The van der Waals surface area contributed by atoms with Crippen molar-refractivity contribution < 1.29 is 14.3 Å². The maximum Gasteiger partial charge on any atom is 0.211 e. The van der Waals surface area contributed by atoms with Gasteiger partial charge in [0.25, 0.3) is 0 Å². The van der Waals surface area contributed by atoms with E-state index in [0.29, 0.717) is 27.8 Å². The minimum absolute atomic E-state index is 0.197. The zero-order valence-corrected chi connectivity index (χ0v) is 11.3. The Balaban J connectivity index is 2.36. The average molecular weight is 278 g/mol. The Morgan fingerprint density at radius 1 is 1.11 bits per heavy atom. The number of methoxy groups -OCH3 is 2. The van der Waals surface area contributed by atoms with Gasteiger partial charge in [0.15, 0.2) is 11.5 Å². The first-order chi connectivity index (χ1) is 9.15. The Labute approximate surface area is 115 Å². The van der Waals surface area contributed by atoms with Gasteiger partial charge in [0.2, 0.25) is 5.78 Å². The molecule has 98 valence electrons. The van der Waals surface area contributed by atoms with Crippen LogP contribution in [0.1, 0.15) is 16.1 Å². The van der Waals surface area contributed by atoms with E-state index >= 15 is 0 Å². The van der Waals surface area contributed by atoms with Gasteiger partial charge in [-0.2, -0.15) is 0 Å². The lowest BCUT2D eigenvalue weighted by Crippen LogP contribution is -2.04. The Bertz CT molecular complexity index is 596. The monoisotopic (exact) mass is 277 g/mol. The van der Waals surface area contributed by atoms with Crippen molar-refractivity contribution in [3.63, 3.8) is 0 Å². The summed E-state index contributed by atoms with van der Waals surface area (Å²) in [7, 11) is 3.06. The van der Waals surface area contributed by atoms with E-state index in [2.05, 4.69) is 4.98 Å². The molecule has 0 bridgehead atoms. The molecule has 0 radical (unpaired) electrons. The molecule has 19 heavy (non-hydrogen) atoms. The van der Waals surface area contributed by atoms with E-state index in [-0.39, 0.29) is 5.78 Å². The molecule has 0 atom stereocenters. The molecular formula is C14H12ClNO3. The molecule has 4 nitrogen and oxygen atoms in total. The van der Waals surface area contributed by atoms with Gasteiger partial charge in [-0.05, 0) is 30.3 Å². The summed E-state index contributed by atoms with van der Waals surface area (Å²) in [5.41, 5.74) is 0.809. The Kier molecular flexibility index (Phi) is 4.02. The number of aromatic nitrogens is 1. The maximum atomic E-state index is 12.2. The number of benzene rings is 1. The third kappa shape index (κ3) is 2.85. The molecule has 1 aromatic carbocycles. The minimum Gasteiger partial charge on any atom is -0.493 e. The summed E-state index contributed by atoms with van der Waals surface area (Å²) in [5.74, 6) is 0.878. The summed E-state index contributed by atoms with van der Waals surface area (Å²) in [5, 5.41) is 0.490. The second-order valence-corrected chi connectivity index (χ2v) is 4.20. The molecular weight excluding hydrogens is 266 g/mol. The highest BCUT2D eigenvalue weighted by Crippen LogP contribution is 2.28. The highest BCUT2D eigenvalue weighted by atomic mass is 35.5. The van der Waals surface area contributed by atoms with Crippen LogP contribution in [0, 0.1) is 0 Å². The number of carbonyl (C=O) groups is 1. The first kappa shape index (κ1) is 13.4. The van der Waals surface area contributed by atoms with Crippen molar-refractivity contribution >= 4 is 17.4 Å². The SMILES string of the molecule is COc1ccc(C(=O)c2ccc(Cl)cn2)cc1OC. The zero-order valence-electron chi connectivity index (χ0n) is 10.5. The van der Waals surface area contributed by atoms with E-state index in [1.807, 2.05) is 0 Å². The lowest BCUT2D eigenvalue weighted by Gasteiger charge is -2.08. The van der Waals surface area contributed by atoms with E-state index < -0.39 is 0 Å². The van der Waals surface area contributed by atoms with Crippen LogP contribution in [0.3, 0.4) is 0 Å². The predicted octanol–water partition coefficient (Wildman–Crippen LogP) is 2.98. The quantitative estimate of drug-likeness (QED) is 0.806. The average Bonchev–Trinajstić information content (AvgIpc) is 2.46. The molecule has 0 aliphatic heterocycles. The molecule has 2 aromatic rings. The van der Waals surface area contributed by atoms with Gasteiger partial charge < -0.3 is 9.47 Å². The highest BCUT2D eigenvalue weighted by molar-refractivity contribution is 6.30. The molecule has 1 aromatic heterocycles. The van der Waals surface area contributed by atoms with E-state index in [1.54, 1.807) is 37.4 Å². The van der Waals surface area contributed by atoms with Crippen molar-refractivity contribution in [3.8, 4) is 11.5 Å². The van der Waals surface area contributed by atoms with Crippen molar-refractivity contribution in [1.29, 1.82) is 0 Å². The van der Waals surface area contributed by atoms with Gasteiger partial charge in [0.05, 0.1) is 19.2 Å². The van der Waals surface area contributed by atoms with Crippen LogP contribution in [0.2, 0.25) is 5.02 Å². The van der Waals surface area contributed by atoms with Gasteiger partial charge in [0.1, 0.15) is 5.69 Å². The van der Waals surface area contributed by atoms with E-state index in [9.17, 15) is 4.79 Å². The summed E-state index contributed by atoms with van der Waals surface area (Å²) >= 11 is 5.74. The molecule has 0 spiro atoms. The Morgan fingerprint density at radius 2 is 1.84 bits per heavy atom. The van der Waals surface area contributed by atoms with Crippen LogP contribution in [0.5, 0.6) is 11.5 Å². The van der Waals surface area contributed by atoms with E-state index in [1.165, 1.54) is 13.3 Å². The first-order valence-electron chi connectivity index (χ1n) is 5.54. The number of carbonyl (C=O) groups excluding carboxylic acids is 1. The second-order valence-electron chi connectivity index (χ2n) is 3.76. The summed E-state index contributed by atoms with van der Waals surface area (Å²) in [6, 6.07) is 8.18. The maximum absolute atomic E-state index is 12.2. The number of halogens is 1. The zero-order chi connectivity index (χ0) is 13.8. The number of nitrogens with zero attached hydrogens (tertiary/aromatic N) is 1. The standard InChI is InChI=1S/C14H12ClNO3/c1-18-12-6-3-9(7-13(12)19-2)14(17)11-5-4-10(15)8-16-11/h3-8H,1-2H3. The first-order valence-corrected chi connectivity index (χ1v) is 5.92. The smallest absolute Gasteiger partial charge is 0.211 e. The number of pyridine rings is 1. The molecule has 0 N–H and O–H groups in total. The summed E-state index contributed by atoms with van der Waals surface area (Å²) < 4.78 is 10.3. The summed E-state index contributed by atoms with van der Waals surface area (Å²) in [4.78, 5) is 16.2. The summed E-state index contributed by atoms with van der Waals surface area (Å²) in [6.07, 6.45) is 1.44. The van der Waals surface area contributed by atoms with Gasteiger partial charge >= 0.3 is 0 Å². The number of hydrogen-bond donors (Lipinski definition) is 0. The normalized spacial score (nSPS) is 10.1. The lowest BCUT2D eigenvalue weighted by molar-refractivity contribution is 0.103. The van der Waals surface area contributed by atoms with E-state index in [4.69, 9.17) is 21.1 Å². The van der Waals surface area contributed by atoms with Crippen LogP contribution < -0.4 is 9.47 Å². The second kappa shape index (κ2) is 5.71. The van der Waals surface area contributed by atoms with Crippen LogP contribution in [0.4, 0.5) is 0 Å². The molecule has 0 saturated carbocycles. The molecule has 5 heteroatoms. The third-order valence-corrected chi connectivity index (χ3v) is 2.83. The number of hydrogen-bond acceptors (Lipinski definition) is 4. The number of ketones is 1.